The molecule has 0 saturated carbocycles. The lowest BCUT2D eigenvalue weighted by Crippen LogP contribution is -2.57. The van der Waals surface area contributed by atoms with Gasteiger partial charge < -0.3 is 15.1 Å². The number of carbonyl (C=O) groups is 2. The van der Waals surface area contributed by atoms with Gasteiger partial charge in [0.1, 0.15) is 6.54 Å². The molecule has 2 aromatic carbocycles. The van der Waals surface area contributed by atoms with Gasteiger partial charge in [-0.2, -0.15) is 18.3 Å². The number of nitrogens with zero attached hydrogens (tertiary/aromatic N) is 4. The first-order chi connectivity index (χ1) is 15.2. The van der Waals surface area contributed by atoms with E-state index in [0.717, 1.165) is 27.1 Å². The number of anilines is 2. The van der Waals surface area contributed by atoms with Crippen LogP contribution >= 0.6 is 0 Å². The molecular formula is C22H20F3N5O2. The molecule has 10 heteroatoms. The van der Waals surface area contributed by atoms with Crippen LogP contribution in [-0.2, 0) is 18.4 Å². The molecule has 1 aromatic heterocycles. The summed E-state index contributed by atoms with van der Waals surface area (Å²) < 4.78 is 39.8. The predicted octanol–water partition coefficient (Wildman–Crippen LogP) is 3.29. The highest BCUT2D eigenvalue weighted by Gasteiger charge is 2.48. The first-order valence-electron chi connectivity index (χ1n) is 10.1. The normalized spacial score (nSPS) is 16.4. The van der Waals surface area contributed by atoms with Gasteiger partial charge in [-0.05, 0) is 29.8 Å². The Balaban J connectivity index is 1.30. The van der Waals surface area contributed by atoms with Gasteiger partial charge in [0.25, 0.3) is 5.91 Å². The quantitative estimate of drug-likeness (QED) is 0.672. The number of benzene rings is 2. The maximum Gasteiger partial charge on any atom is 0.395 e. The van der Waals surface area contributed by atoms with E-state index in [1.807, 2.05) is 37.4 Å². The topological polar surface area (TPSA) is 70.5 Å². The van der Waals surface area contributed by atoms with Crippen LogP contribution in [0.2, 0.25) is 0 Å². The number of aromatic nitrogens is 2. The third kappa shape index (κ3) is 3.45. The molecule has 166 valence electrons. The van der Waals surface area contributed by atoms with Gasteiger partial charge in [-0.1, -0.05) is 12.1 Å². The second-order valence-electron chi connectivity index (χ2n) is 8.20. The molecule has 1 N–H and O–H groups in total. The van der Waals surface area contributed by atoms with Crippen molar-refractivity contribution in [2.45, 2.75) is 12.7 Å². The van der Waals surface area contributed by atoms with E-state index < -0.39 is 18.0 Å². The highest BCUT2D eigenvalue weighted by Crippen LogP contribution is 2.35. The Morgan fingerprint density at radius 2 is 2.00 bits per heavy atom. The molecule has 0 radical (unpaired) electrons. The van der Waals surface area contributed by atoms with Crippen molar-refractivity contribution in [3.8, 4) is 0 Å². The second kappa shape index (κ2) is 7.25. The maximum atomic E-state index is 13.0. The van der Waals surface area contributed by atoms with E-state index >= 15 is 0 Å². The summed E-state index contributed by atoms with van der Waals surface area (Å²) in [7, 11) is 1.86. The summed E-state index contributed by atoms with van der Waals surface area (Å²) in [5.74, 6) is -2.26. The Morgan fingerprint density at radius 1 is 1.22 bits per heavy atom. The van der Waals surface area contributed by atoms with Gasteiger partial charge in [0.15, 0.2) is 0 Å². The molecule has 3 heterocycles. The van der Waals surface area contributed by atoms with Crippen molar-refractivity contribution in [2.75, 3.05) is 25.0 Å². The molecule has 32 heavy (non-hydrogen) atoms. The minimum absolute atomic E-state index is 0.237. The van der Waals surface area contributed by atoms with Crippen LogP contribution in [0.1, 0.15) is 15.9 Å². The number of hydrogen-bond acceptors (Lipinski definition) is 4. The number of aryl methyl sites for hydroxylation is 1. The Morgan fingerprint density at radius 3 is 2.75 bits per heavy atom. The van der Waals surface area contributed by atoms with E-state index in [-0.39, 0.29) is 32.1 Å². The fourth-order valence-corrected chi connectivity index (χ4v) is 4.20. The third-order valence-corrected chi connectivity index (χ3v) is 6.06. The monoisotopic (exact) mass is 443 g/mol. The standard InChI is InChI=1S/C22H20F3N5O2/c1-28-18-6-5-16(7-14(18)8-26-28)27-17-4-2-3-13-9-30(21(32)20(13)17)12-19(31)29-10-15(11-29)22(23,24)25/h2-8,15,27H,9-12H2,1H3. The summed E-state index contributed by atoms with van der Waals surface area (Å²) >= 11 is 0. The Hall–Kier alpha value is -3.56. The molecule has 0 unspecified atom stereocenters. The smallest absolute Gasteiger partial charge is 0.355 e. The van der Waals surface area contributed by atoms with Gasteiger partial charge in [-0.3, -0.25) is 14.3 Å². The largest absolute Gasteiger partial charge is 0.395 e. The zero-order valence-electron chi connectivity index (χ0n) is 17.2. The van der Waals surface area contributed by atoms with Gasteiger partial charge in [0.2, 0.25) is 5.91 Å². The van der Waals surface area contributed by atoms with Gasteiger partial charge in [0.05, 0.1) is 28.9 Å². The lowest BCUT2D eigenvalue weighted by atomic mass is 9.99. The van der Waals surface area contributed by atoms with Crippen LogP contribution in [0.3, 0.4) is 0 Å². The number of hydrogen-bond donors (Lipinski definition) is 1. The van der Waals surface area contributed by atoms with Gasteiger partial charge in [-0.25, -0.2) is 0 Å². The van der Waals surface area contributed by atoms with Crippen LogP contribution < -0.4 is 5.32 Å². The van der Waals surface area contributed by atoms with Gasteiger partial charge in [-0.15, -0.1) is 0 Å². The number of nitrogens with one attached hydrogen (secondary N) is 1. The summed E-state index contributed by atoms with van der Waals surface area (Å²) in [5.41, 5.74) is 3.63. The molecule has 0 spiro atoms. The highest BCUT2D eigenvalue weighted by molar-refractivity contribution is 6.05. The van der Waals surface area contributed by atoms with Crippen molar-refractivity contribution >= 4 is 34.1 Å². The Labute approximate surface area is 181 Å². The van der Waals surface area contributed by atoms with Crippen molar-refractivity contribution in [1.29, 1.82) is 0 Å². The van der Waals surface area contributed by atoms with Crippen LogP contribution in [-0.4, -0.2) is 57.2 Å². The predicted molar refractivity (Wildman–Crippen MR) is 111 cm³/mol. The SMILES string of the molecule is Cn1ncc2cc(Nc3cccc4c3C(=O)N(CC(=O)N3CC(C(F)(F)F)C3)C4)ccc21. The summed E-state index contributed by atoms with van der Waals surface area (Å²) in [6, 6.07) is 11.2. The summed E-state index contributed by atoms with van der Waals surface area (Å²) in [6.45, 7) is -0.686. The average Bonchev–Trinajstić information content (AvgIpc) is 3.20. The first-order valence-corrected chi connectivity index (χ1v) is 10.1. The second-order valence-corrected chi connectivity index (χ2v) is 8.20. The number of halogens is 3. The van der Waals surface area contributed by atoms with Gasteiger partial charge >= 0.3 is 6.18 Å². The average molecular weight is 443 g/mol. The van der Waals surface area contributed by atoms with Crippen molar-refractivity contribution < 1.29 is 22.8 Å². The summed E-state index contributed by atoms with van der Waals surface area (Å²) in [5, 5.41) is 8.45. The van der Waals surface area contributed by atoms with Crippen molar-refractivity contribution in [1.82, 2.24) is 19.6 Å². The first kappa shape index (κ1) is 20.3. The van der Waals surface area contributed by atoms with Crippen LogP contribution in [0.4, 0.5) is 24.5 Å². The van der Waals surface area contributed by atoms with E-state index in [1.165, 1.54) is 4.90 Å². The molecular weight excluding hydrogens is 423 g/mol. The summed E-state index contributed by atoms with van der Waals surface area (Å²) in [4.78, 5) is 28.0. The van der Waals surface area contributed by atoms with E-state index in [1.54, 1.807) is 16.9 Å². The zero-order chi connectivity index (χ0) is 22.6. The maximum absolute atomic E-state index is 13.0. The molecule has 1 saturated heterocycles. The van der Waals surface area contributed by atoms with Crippen LogP contribution in [0.25, 0.3) is 10.9 Å². The molecule has 0 bridgehead atoms. The van der Waals surface area contributed by atoms with Crippen LogP contribution in [0.15, 0.2) is 42.6 Å². The number of rotatable bonds is 4. The lowest BCUT2D eigenvalue weighted by Gasteiger charge is -2.40. The zero-order valence-corrected chi connectivity index (χ0v) is 17.2. The molecule has 7 nitrogen and oxygen atoms in total. The molecule has 0 atom stereocenters. The Bertz CT molecular complexity index is 1230. The number of carbonyl (C=O) groups excluding carboxylic acids is 2. The molecule has 2 aliphatic rings. The van der Waals surface area contributed by atoms with E-state index in [0.29, 0.717) is 11.3 Å². The fraction of sp³-hybridized carbons (Fsp3) is 0.318. The van der Waals surface area contributed by atoms with E-state index in [9.17, 15) is 22.8 Å². The van der Waals surface area contributed by atoms with E-state index in [4.69, 9.17) is 0 Å². The third-order valence-electron chi connectivity index (χ3n) is 6.06. The number of likely N-dealkylation sites (tertiary alicyclic amines) is 1. The number of fused-ring (bicyclic) bond motifs is 2. The number of amides is 2. The van der Waals surface area contributed by atoms with Crippen molar-refractivity contribution in [2.24, 2.45) is 13.0 Å². The molecule has 5 rings (SSSR count). The lowest BCUT2D eigenvalue weighted by molar-refractivity contribution is -0.209. The number of alkyl halides is 3. The molecule has 2 aliphatic heterocycles. The van der Waals surface area contributed by atoms with Crippen molar-refractivity contribution in [3.63, 3.8) is 0 Å². The van der Waals surface area contributed by atoms with Crippen LogP contribution in [0.5, 0.6) is 0 Å². The van der Waals surface area contributed by atoms with Crippen LogP contribution in [0, 0.1) is 5.92 Å². The van der Waals surface area contributed by atoms with E-state index in [2.05, 4.69) is 10.4 Å². The fourth-order valence-electron chi connectivity index (χ4n) is 4.20. The van der Waals surface area contributed by atoms with Crippen molar-refractivity contribution in [3.05, 3.63) is 53.7 Å². The molecule has 3 aromatic rings. The molecule has 0 aliphatic carbocycles. The highest BCUT2D eigenvalue weighted by atomic mass is 19.4. The minimum atomic E-state index is -4.30. The molecule has 1 fully saturated rings. The summed E-state index contributed by atoms with van der Waals surface area (Å²) in [6.07, 6.45) is -2.54. The van der Waals surface area contributed by atoms with Gasteiger partial charge in [0, 0.05) is 37.8 Å². The molecule has 2 amide bonds. The minimum Gasteiger partial charge on any atom is -0.355 e. The Kier molecular flexibility index (Phi) is 4.61.